The predicted molar refractivity (Wildman–Crippen MR) is 263 cm³/mol. The summed E-state index contributed by atoms with van der Waals surface area (Å²) in [4.78, 5) is 12.2. The Labute approximate surface area is 391 Å². The van der Waals surface area contributed by atoms with Gasteiger partial charge in [-0.15, -0.1) is 0 Å². The van der Waals surface area contributed by atoms with Crippen molar-refractivity contribution in [2.75, 3.05) is 34.0 Å². The Morgan fingerprint density at radius 3 is 2.06 bits per heavy atom. The van der Waals surface area contributed by atoms with Crippen LogP contribution >= 0.6 is 0 Å². The van der Waals surface area contributed by atoms with Crippen molar-refractivity contribution >= 4 is 22.6 Å². The number of rotatable bonds is 22. The molecule has 0 bridgehead atoms. The molecule has 64 heavy (non-hydrogen) atoms. The van der Waals surface area contributed by atoms with Crippen molar-refractivity contribution in [3.63, 3.8) is 0 Å². The van der Waals surface area contributed by atoms with Gasteiger partial charge in [0.05, 0.1) is 87.8 Å². The molecule has 3 fully saturated rings. The molecule has 10 nitrogen and oxygen atoms in total. The summed E-state index contributed by atoms with van der Waals surface area (Å²) in [5.74, 6) is 0.911. The van der Waals surface area contributed by atoms with E-state index in [0.717, 1.165) is 61.0 Å². The lowest BCUT2D eigenvalue weighted by Gasteiger charge is -2.42. The van der Waals surface area contributed by atoms with Crippen molar-refractivity contribution in [3.8, 4) is 5.75 Å². The molecule has 4 rings (SSSR count). The Hall–Kier alpha value is -1.88. The quantitative estimate of drug-likeness (QED) is 0.0484. The van der Waals surface area contributed by atoms with Crippen LogP contribution in [0.5, 0.6) is 5.75 Å². The van der Waals surface area contributed by atoms with Crippen LogP contribution in [0.1, 0.15) is 126 Å². The third-order valence-corrected chi connectivity index (χ3v) is 23.9. The van der Waals surface area contributed by atoms with Crippen molar-refractivity contribution in [2.45, 2.75) is 212 Å². The van der Waals surface area contributed by atoms with E-state index in [2.05, 4.69) is 87.8 Å². The highest BCUT2D eigenvalue weighted by molar-refractivity contribution is 6.74. The van der Waals surface area contributed by atoms with Crippen LogP contribution in [0.3, 0.4) is 0 Å². The molecule has 12 heteroatoms. The molecule has 0 aromatic heterocycles. The number of hydrogen-bond donors (Lipinski definition) is 0. The van der Waals surface area contributed by atoms with E-state index in [9.17, 15) is 4.79 Å². The summed E-state index contributed by atoms with van der Waals surface area (Å²) in [5, 5.41) is 0.113. The van der Waals surface area contributed by atoms with E-state index in [4.69, 9.17) is 42.0 Å². The van der Waals surface area contributed by atoms with E-state index in [-0.39, 0.29) is 70.8 Å². The minimum atomic E-state index is -2.17. The number of carbonyl (C=O) groups is 1. The third kappa shape index (κ3) is 15.3. The van der Waals surface area contributed by atoms with Crippen molar-refractivity contribution in [2.24, 2.45) is 17.3 Å². The molecule has 0 amide bonds. The molecule has 0 radical (unpaired) electrons. The van der Waals surface area contributed by atoms with Gasteiger partial charge in [-0.05, 0) is 130 Å². The van der Waals surface area contributed by atoms with Gasteiger partial charge in [-0.1, -0.05) is 73.8 Å². The van der Waals surface area contributed by atoms with E-state index >= 15 is 0 Å². The van der Waals surface area contributed by atoms with Crippen molar-refractivity contribution in [1.29, 1.82) is 0 Å². The molecular formula is C52H90O10Si2. The zero-order valence-corrected chi connectivity index (χ0v) is 45.1. The monoisotopic (exact) mass is 931 g/mol. The molecule has 1 aromatic carbocycles. The molecule has 366 valence electrons. The Balaban J connectivity index is 1.48. The summed E-state index contributed by atoms with van der Waals surface area (Å²) in [7, 11) is -0.755. The fourth-order valence-electron chi connectivity index (χ4n) is 8.51. The lowest BCUT2D eigenvalue weighted by Crippen LogP contribution is -2.49. The van der Waals surface area contributed by atoms with Gasteiger partial charge in [-0.25, -0.2) is 0 Å². The van der Waals surface area contributed by atoms with Crippen molar-refractivity contribution in [1.82, 2.24) is 0 Å². The van der Waals surface area contributed by atoms with Gasteiger partial charge in [0.15, 0.2) is 16.6 Å². The van der Waals surface area contributed by atoms with E-state index in [1.165, 1.54) is 0 Å². The first-order valence-corrected chi connectivity index (χ1v) is 30.0. The van der Waals surface area contributed by atoms with Crippen molar-refractivity contribution < 1.29 is 46.8 Å². The first-order chi connectivity index (χ1) is 29.7. The molecule has 3 heterocycles. The molecule has 10 atom stereocenters. The van der Waals surface area contributed by atoms with Gasteiger partial charge in [-0.3, -0.25) is 4.79 Å². The van der Waals surface area contributed by atoms with Gasteiger partial charge < -0.3 is 42.0 Å². The summed E-state index contributed by atoms with van der Waals surface area (Å²) < 4.78 is 58.6. The van der Waals surface area contributed by atoms with Crippen molar-refractivity contribution in [3.05, 3.63) is 54.1 Å². The maximum absolute atomic E-state index is 12.2. The summed E-state index contributed by atoms with van der Waals surface area (Å²) >= 11 is 0. The Morgan fingerprint density at radius 1 is 0.828 bits per heavy atom. The zero-order valence-electron chi connectivity index (χ0n) is 43.1. The van der Waals surface area contributed by atoms with Crippen LogP contribution in [0.4, 0.5) is 0 Å². The summed E-state index contributed by atoms with van der Waals surface area (Å²) in [6, 6.07) is 8.03. The summed E-state index contributed by atoms with van der Waals surface area (Å²) in [5.41, 5.74) is 2.84. The van der Waals surface area contributed by atoms with E-state index in [0.29, 0.717) is 45.2 Å². The van der Waals surface area contributed by atoms with Crippen LogP contribution in [0.2, 0.25) is 36.3 Å². The van der Waals surface area contributed by atoms with Gasteiger partial charge in [-0.2, -0.15) is 0 Å². The van der Waals surface area contributed by atoms with Gasteiger partial charge in [0, 0.05) is 25.9 Å². The third-order valence-electron chi connectivity index (χ3n) is 14.9. The molecule has 3 aliphatic heterocycles. The molecule has 10 unspecified atom stereocenters. The molecule has 1 aromatic rings. The molecule has 0 saturated carbocycles. The van der Waals surface area contributed by atoms with Crippen LogP contribution < -0.4 is 4.74 Å². The fourth-order valence-corrected chi connectivity index (χ4v) is 10.9. The lowest BCUT2D eigenvalue weighted by molar-refractivity contribution is -0.153. The fraction of sp³-hybridized carbons (Fsp3) is 0.788. The zero-order chi connectivity index (χ0) is 47.8. The molecule has 0 N–H and O–H groups in total. The number of ether oxygens (including phenoxy) is 7. The van der Waals surface area contributed by atoms with Crippen LogP contribution in [0.25, 0.3) is 0 Å². The van der Waals surface area contributed by atoms with Gasteiger partial charge >= 0.3 is 5.97 Å². The topological polar surface area (TPSA) is 100 Å². The Morgan fingerprint density at radius 2 is 1.47 bits per heavy atom. The average molecular weight is 931 g/mol. The minimum absolute atomic E-state index is 0.000307. The second-order valence-electron chi connectivity index (χ2n) is 23.2. The molecule has 0 aliphatic carbocycles. The first-order valence-electron chi connectivity index (χ1n) is 24.2. The highest BCUT2D eigenvalue weighted by atomic mass is 28.4. The Bertz CT molecular complexity index is 1640. The average Bonchev–Trinajstić information content (AvgIpc) is 3.72. The highest BCUT2D eigenvalue weighted by Crippen LogP contribution is 2.43. The second kappa shape index (κ2) is 22.9. The minimum Gasteiger partial charge on any atom is -0.497 e. The number of hydrogen-bond acceptors (Lipinski definition) is 10. The highest BCUT2D eigenvalue weighted by Gasteiger charge is 2.49. The molecular weight excluding hydrogens is 841 g/mol. The predicted octanol–water partition coefficient (Wildman–Crippen LogP) is 12.0. The van der Waals surface area contributed by atoms with E-state index in [1.807, 2.05) is 45.0 Å². The maximum atomic E-state index is 12.2. The lowest BCUT2D eigenvalue weighted by atomic mass is 9.83. The van der Waals surface area contributed by atoms with Crippen LogP contribution in [-0.2, 0) is 48.7 Å². The number of benzene rings is 1. The largest absolute Gasteiger partial charge is 0.497 e. The Kier molecular flexibility index (Phi) is 19.6. The molecule has 3 aliphatic rings. The van der Waals surface area contributed by atoms with Gasteiger partial charge in [0.1, 0.15) is 5.75 Å². The maximum Gasteiger partial charge on any atom is 0.311 e. The van der Waals surface area contributed by atoms with Crippen LogP contribution in [0.15, 0.2) is 48.6 Å². The standard InChI is InChI=1S/C52H90O10Si2/c1-35-28-41(25-26-44-36(2)29-40(59-44)20-19-27-57-49(53)50(4,5)6)60-45(37(35)3)31-46-43(34-56-32-38-21-23-39(54-13)24-22-38)48(55-14)47(61-46)30-42(62-64(17,18)52(10,11)12)33-58-63(15,16)51(7,8)9/h21-24,35,40-48H,2-3,19-20,25-34H2,1,4-18H3. The SMILES string of the molecule is C=C1CC(CCCOC(=O)C(C)(C)C)OC1CCC1CC(C)C(=C)C(CC2OC(CC(CO[Si](C)(C)C(C)(C)C)O[Si](C)(C)C(C)(C)C)C(OC)C2COCc2ccc(OC)cc2)O1. The normalized spacial score (nSPS) is 27.8. The smallest absolute Gasteiger partial charge is 0.311 e. The second-order valence-corrected chi connectivity index (χ2v) is 32.7. The number of methoxy groups -OCH3 is 2. The van der Waals surface area contributed by atoms with Gasteiger partial charge in [0.2, 0.25) is 0 Å². The number of esters is 1. The van der Waals surface area contributed by atoms with Gasteiger partial charge in [0.25, 0.3) is 0 Å². The van der Waals surface area contributed by atoms with Crippen LogP contribution in [-0.4, -0.2) is 105 Å². The van der Waals surface area contributed by atoms with Crippen LogP contribution in [0, 0.1) is 17.3 Å². The molecule has 3 saturated heterocycles. The number of carbonyl (C=O) groups excluding carboxylic acids is 1. The summed E-state index contributed by atoms with van der Waals surface area (Å²) in [6.45, 7) is 41.7. The van der Waals surface area contributed by atoms with E-state index < -0.39 is 22.0 Å². The molecule has 0 spiro atoms. The summed E-state index contributed by atoms with van der Waals surface area (Å²) in [6.07, 6.45) is 5.63. The first kappa shape index (κ1) is 54.7. The van der Waals surface area contributed by atoms with E-state index in [1.54, 1.807) is 14.2 Å².